The van der Waals surface area contributed by atoms with E-state index in [4.69, 9.17) is 4.42 Å². The maximum atomic E-state index is 12.4. The summed E-state index contributed by atoms with van der Waals surface area (Å²) < 4.78 is 32.5. The molecular formula is C14H19N3O3S. The zero-order chi connectivity index (χ0) is 15.3. The van der Waals surface area contributed by atoms with Gasteiger partial charge in [0.2, 0.25) is 10.0 Å². The number of pyridine rings is 1. The zero-order valence-electron chi connectivity index (χ0n) is 12.0. The van der Waals surface area contributed by atoms with Crippen LogP contribution in [-0.2, 0) is 10.0 Å². The van der Waals surface area contributed by atoms with Crippen LogP contribution >= 0.6 is 0 Å². The summed E-state index contributed by atoms with van der Waals surface area (Å²) in [4.78, 5) is 4.27. The highest BCUT2D eigenvalue weighted by atomic mass is 32.2. The fourth-order valence-corrected chi connectivity index (χ4v) is 3.05. The van der Waals surface area contributed by atoms with Crippen molar-refractivity contribution in [3.8, 4) is 0 Å². The molecule has 0 spiro atoms. The third-order valence-electron chi connectivity index (χ3n) is 2.90. The van der Waals surface area contributed by atoms with Gasteiger partial charge in [0.15, 0.2) is 0 Å². The molecule has 1 unspecified atom stereocenters. The quantitative estimate of drug-likeness (QED) is 0.821. The number of rotatable bonds is 7. The first-order valence-corrected chi connectivity index (χ1v) is 8.27. The fourth-order valence-electron chi connectivity index (χ4n) is 1.82. The highest BCUT2D eigenvalue weighted by Crippen LogP contribution is 2.18. The van der Waals surface area contributed by atoms with Crippen molar-refractivity contribution in [1.29, 1.82) is 0 Å². The molecule has 6 nitrogen and oxygen atoms in total. The van der Waals surface area contributed by atoms with Crippen molar-refractivity contribution < 1.29 is 12.8 Å². The lowest BCUT2D eigenvalue weighted by Crippen LogP contribution is -2.26. The van der Waals surface area contributed by atoms with Crippen LogP contribution in [0.15, 0.2) is 46.0 Å². The average molecular weight is 309 g/mol. The van der Waals surface area contributed by atoms with E-state index < -0.39 is 16.1 Å². The molecule has 0 amide bonds. The van der Waals surface area contributed by atoms with Crippen molar-refractivity contribution in [2.45, 2.75) is 31.2 Å². The molecule has 114 valence electrons. The minimum atomic E-state index is -3.62. The van der Waals surface area contributed by atoms with Gasteiger partial charge in [-0.2, -0.15) is 0 Å². The van der Waals surface area contributed by atoms with Crippen LogP contribution in [0.1, 0.15) is 32.1 Å². The van der Waals surface area contributed by atoms with E-state index in [0.717, 1.165) is 13.0 Å². The number of furan rings is 1. The van der Waals surface area contributed by atoms with E-state index in [1.165, 1.54) is 24.6 Å². The molecule has 1 atom stereocenters. The van der Waals surface area contributed by atoms with Crippen molar-refractivity contribution in [1.82, 2.24) is 9.71 Å². The summed E-state index contributed by atoms with van der Waals surface area (Å²) in [6.45, 7) is 4.50. The number of hydrogen-bond acceptors (Lipinski definition) is 5. The first-order chi connectivity index (χ1) is 10.0. The summed E-state index contributed by atoms with van der Waals surface area (Å²) in [7, 11) is -3.62. The molecular weight excluding hydrogens is 290 g/mol. The average Bonchev–Trinajstić information content (AvgIpc) is 2.99. The Labute approximate surface area is 124 Å². The van der Waals surface area contributed by atoms with Crippen LogP contribution in [0.2, 0.25) is 0 Å². The maximum absolute atomic E-state index is 12.4. The van der Waals surface area contributed by atoms with Gasteiger partial charge in [-0.05, 0) is 31.5 Å². The molecule has 0 fully saturated rings. The molecule has 0 aliphatic carbocycles. The molecule has 0 saturated heterocycles. The molecule has 2 aromatic rings. The fraction of sp³-hybridized carbons (Fsp3) is 0.357. The lowest BCUT2D eigenvalue weighted by Gasteiger charge is -2.13. The lowest BCUT2D eigenvalue weighted by molar-refractivity contribution is 0.459. The van der Waals surface area contributed by atoms with Crippen molar-refractivity contribution in [3.63, 3.8) is 0 Å². The molecule has 0 aromatic carbocycles. The highest BCUT2D eigenvalue weighted by Gasteiger charge is 2.20. The number of anilines is 1. The topological polar surface area (TPSA) is 84.2 Å². The molecule has 21 heavy (non-hydrogen) atoms. The largest absolute Gasteiger partial charge is 0.468 e. The number of sulfonamides is 1. The van der Waals surface area contributed by atoms with Crippen LogP contribution in [0.3, 0.4) is 0 Å². The predicted octanol–water partition coefficient (Wildman–Crippen LogP) is 2.54. The molecule has 0 bridgehead atoms. The van der Waals surface area contributed by atoms with Gasteiger partial charge in [0.05, 0.1) is 17.2 Å². The van der Waals surface area contributed by atoms with E-state index >= 15 is 0 Å². The van der Waals surface area contributed by atoms with Gasteiger partial charge in [-0.25, -0.2) is 18.1 Å². The number of hydrogen-bond donors (Lipinski definition) is 2. The Hall–Kier alpha value is -1.86. The Bertz CT molecular complexity index is 669. The van der Waals surface area contributed by atoms with Crippen LogP contribution in [0.5, 0.6) is 0 Å². The molecule has 0 radical (unpaired) electrons. The van der Waals surface area contributed by atoms with E-state index in [2.05, 4.69) is 15.0 Å². The van der Waals surface area contributed by atoms with Gasteiger partial charge < -0.3 is 9.73 Å². The standard InChI is InChI=1S/C14H19N3O3S/c1-3-7-15-14-10-12(6-8-16-14)21(18,19)17-11(2)13-5-4-9-20-13/h4-6,8-11,17H,3,7H2,1-2H3,(H,15,16). The molecule has 2 N–H and O–H groups in total. The summed E-state index contributed by atoms with van der Waals surface area (Å²) in [5.74, 6) is 1.11. The van der Waals surface area contributed by atoms with E-state index in [0.29, 0.717) is 11.6 Å². The van der Waals surface area contributed by atoms with E-state index in [1.54, 1.807) is 19.1 Å². The van der Waals surface area contributed by atoms with Gasteiger partial charge in [0.1, 0.15) is 11.6 Å². The van der Waals surface area contributed by atoms with E-state index in [9.17, 15) is 8.42 Å². The molecule has 0 aliphatic rings. The third kappa shape index (κ3) is 4.05. The Balaban J connectivity index is 2.15. The number of aromatic nitrogens is 1. The molecule has 0 saturated carbocycles. The first-order valence-electron chi connectivity index (χ1n) is 6.78. The zero-order valence-corrected chi connectivity index (χ0v) is 12.9. The van der Waals surface area contributed by atoms with Crippen LogP contribution in [-0.4, -0.2) is 19.9 Å². The predicted molar refractivity (Wildman–Crippen MR) is 80.5 cm³/mol. The van der Waals surface area contributed by atoms with Gasteiger partial charge in [-0.3, -0.25) is 0 Å². The minimum absolute atomic E-state index is 0.175. The second-order valence-corrected chi connectivity index (χ2v) is 6.38. The van der Waals surface area contributed by atoms with Gasteiger partial charge in [-0.1, -0.05) is 6.92 Å². The number of nitrogens with zero attached hydrogens (tertiary/aromatic N) is 1. The van der Waals surface area contributed by atoms with Crippen LogP contribution in [0.25, 0.3) is 0 Å². The smallest absolute Gasteiger partial charge is 0.241 e. The Morgan fingerprint density at radius 3 is 2.86 bits per heavy atom. The maximum Gasteiger partial charge on any atom is 0.241 e. The highest BCUT2D eigenvalue weighted by molar-refractivity contribution is 7.89. The van der Waals surface area contributed by atoms with Crippen molar-refractivity contribution in [2.24, 2.45) is 0 Å². The normalized spacial score (nSPS) is 13.0. The van der Waals surface area contributed by atoms with Gasteiger partial charge in [-0.15, -0.1) is 0 Å². The monoisotopic (exact) mass is 309 g/mol. The lowest BCUT2D eigenvalue weighted by atomic mass is 10.3. The number of nitrogens with one attached hydrogen (secondary N) is 2. The van der Waals surface area contributed by atoms with Crippen LogP contribution in [0.4, 0.5) is 5.82 Å². The van der Waals surface area contributed by atoms with Crippen LogP contribution in [0, 0.1) is 0 Å². The van der Waals surface area contributed by atoms with E-state index in [1.807, 2.05) is 6.92 Å². The van der Waals surface area contributed by atoms with Crippen molar-refractivity contribution in [2.75, 3.05) is 11.9 Å². The minimum Gasteiger partial charge on any atom is -0.468 e. The van der Waals surface area contributed by atoms with Gasteiger partial charge in [0, 0.05) is 18.8 Å². The Kier molecular flexibility index (Phi) is 4.98. The summed E-state index contributed by atoms with van der Waals surface area (Å²) >= 11 is 0. The molecule has 2 heterocycles. The SMILES string of the molecule is CCCNc1cc(S(=O)(=O)NC(C)c2ccco2)ccn1. The second kappa shape index (κ2) is 6.73. The third-order valence-corrected chi connectivity index (χ3v) is 4.44. The molecule has 2 aromatic heterocycles. The molecule has 0 aliphatic heterocycles. The van der Waals surface area contributed by atoms with E-state index in [-0.39, 0.29) is 4.90 Å². The van der Waals surface area contributed by atoms with Crippen molar-refractivity contribution in [3.05, 3.63) is 42.5 Å². The first kappa shape index (κ1) is 15.5. The van der Waals surface area contributed by atoms with Gasteiger partial charge >= 0.3 is 0 Å². The van der Waals surface area contributed by atoms with Gasteiger partial charge in [0.25, 0.3) is 0 Å². The summed E-state index contributed by atoms with van der Waals surface area (Å²) in [5, 5.41) is 3.07. The molecule has 2 rings (SSSR count). The summed E-state index contributed by atoms with van der Waals surface area (Å²) in [6.07, 6.45) is 3.93. The van der Waals surface area contributed by atoms with Crippen molar-refractivity contribution >= 4 is 15.8 Å². The summed E-state index contributed by atoms with van der Waals surface area (Å²) in [6, 6.07) is 6.00. The Morgan fingerprint density at radius 2 is 2.19 bits per heavy atom. The Morgan fingerprint density at radius 1 is 1.38 bits per heavy atom. The molecule has 7 heteroatoms. The summed E-state index contributed by atoms with van der Waals surface area (Å²) in [5.41, 5.74) is 0. The van der Waals surface area contributed by atoms with Crippen LogP contribution < -0.4 is 10.0 Å². The second-order valence-electron chi connectivity index (χ2n) is 4.66.